The Hall–Kier alpha value is -0.414. The fraction of sp³-hybridized carbons (Fsp3) is 0.200. The third-order valence-corrected chi connectivity index (χ3v) is 1.64. The van der Waals surface area contributed by atoms with Gasteiger partial charge in [0.2, 0.25) is 0 Å². The molecule has 0 unspecified atom stereocenters. The van der Waals surface area contributed by atoms with Crippen LogP contribution in [0, 0.1) is 4.91 Å². The summed E-state index contributed by atoms with van der Waals surface area (Å²) in [5.74, 6) is 0. The number of hydrogen-bond acceptors (Lipinski definition) is 2. The van der Waals surface area contributed by atoms with Crippen molar-refractivity contribution in [2.75, 3.05) is 0 Å². The van der Waals surface area contributed by atoms with E-state index in [1.807, 2.05) is 24.3 Å². The van der Waals surface area contributed by atoms with E-state index >= 15 is 0 Å². The molecule has 0 fully saturated rings. The molecule has 2 nitrogen and oxygen atoms in total. The molecule has 0 N–H and O–H groups in total. The number of hydrogen-bond donors (Lipinski definition) is 0. The number of nitroso groups, excluding NO2 is 1. The third-order valence-electron chi connectivity index (χ3n) is 0.818. The predicted octanol–water partition coefficient (Wildman–Crippen LogP) is 1.66. The molecule has 8 heavy (non-hydrogen) atoms. The number of nitrogens with zero attached hydrogens (tertiary/aromatic N) is 1. The van der Waals surface area contributed by atoms with Gasteiger partial charge in [0.05, 0.1) is 0 Å². The molecule has 45 valence electrons. The maximum atomic E-state index is 9.63. The van der Waals surface area contributed by atoms with Gasteiger partial charge in [-0.2, -0.15) is 0 Å². The summed E-state index contributed by atoms with van der Waals surface area (Å²) in [5, 5.41) is 0. The maximum absolute atomic E-state index is 9.63. The number of allylic oxidation sites excluding steroid dienone is 4. The van der Waals surface area contributed by atoms with Crippen LogP contribution < -0.4 is 0 Å². The van der Waals surface area contributed by atoms with E-state index in [9.17, 15) is 4.91 Å². The molecule has 0 aromatic carbocycles. The van der Waals surface area contributed by atoms with Crippen LogP contribution in [-0.4, -0.2) is 0 Å². The van der Waals surface area contributed by atoms with Crippen molar-refractivity contribution in [1.82, 2.24) is 0 Å². The van der Waals surface area contributed by atoms with Gasteiger partial charge >= 0.3 is 53.2 Å². The van der Waals surface area contributed by atoms with Crippen molar-refractivity contribution in [2.45, 2.75) is 4.85 Å². The van der Waals surface area contributed by atoms with E-state index in [-0.39, 0.29) is 4.85 Å². The van der Waals surface area contributed by atoms with Crippen LogP contribution in [0.4, 0.5) is 0 Å². The topological polar surface area (TPSA) is 29.4 Å². The molecule has 3 heteroatoms. The zero-order valence-corrected chi connectivity index (χ0v) is 5.12. The quantitative estimate of drug-likeness (QED) is 0.556. The summed E-state index contributed by atoms with van der Waals surface area (Å²) in [6.45, 7) is 0. The molecule has 0 atom stereocenters. The molecule has 0 heterocycles. The Bertz CT molecular complexity index is 129. The summed E-state index contributed by atoms with van der Waals surface area (Å²) in [6, 6.07) is 0. The van der Waals surface area contributed by atoms with Crippen LogP contribution in [0.3, 0.4) is 0 Å². The molecular weight excluding hydrogens is 149 g/mol. The van der Waals surface area contributed by atoms with Crippen molar-refractivity contribution in [1.29, 1.82) is 0 Å². The fourth-order valence-electron chi connectivity index (χ4n) is 0.493. The Morgan fingerprint density at radius 2 is 2.00 bits per heavy atom. The molecule has 1 aliphatic rings. The summed E-state index contributed by atoms with van der Waals surface area (Å²) in [4.78, 5) is 9.87. The average Bonchev–Trinajstić information content (AvgIpc) is 2.19. The molecule has 0 saturated carbocycles. The first kappa shape index (κ1) is 5.72. The molecule has 1 aliphatic carbocycles. The van der Waals surface area contributed by atoms with E-state index in [4.69, 9.17) is 0 Å². The Morgan fingerprint density at radius 3 is 2.50 bits per heavy atom. The molecule has 0 aromatic rings. The van der Waals surface area contributed by atoms with E-state index in [0.29, 0.717) is 14.9 Å². The van der Waals surface area contributed by atoms with E-state index in [0.717, 1.165) is 0 Å². The molecule has 0 aromatic heterocycles. The van der Waals surface area contributed by atoms with Crippen molar-refractivity contribution in [3.05, 3.63) is 29.2 Å². The van der Waals surface area contributed by atoms with Crippen LogP contribution >= 0.6 is 0 Å². The third kappa shape index (κ3) is 1.28. The van der Waals surface area contributed by atoms with Gasteiger partial charge in [0, 0.05) is 0 Å². The first-order valence-electron chi connectivity index (χ1n) is 2.19. The normalized spacial score (nSPS) is 18.0. The van der Waals surface area contributed by atoms with Crippen molar-refractivity contribution in [3.63, 3.8) is 0 Å². The van der Waals surface area contributed by atoms with E-state index < -0.39 is 0 Å². The predicted molar refractivity (Wildman–Crippen MR) is 27.8 cm³/mol. The summed E-state index contributed by atoms with van der Waals surface area (Å²) >= 11 is 0.627. The molecule has 0 spiro atoms. The van der Waals surface area contributed by atoms with Crippen LogP contribution in [0.15, 0.2) is 28.5 Å². The summed E-state index contributed by atoms with van der Waals surface area (Å²) < 4.78 is 2.73. The van der Waals surface area contributed by atoms with Gasteiger partial charge in [-0.15, -0.1) is 0 Å². The zero-order chi connectivity index (χ0) is 5.82. The second-order valence-electron chi connectivity index (χ2n) is 1.33. The van der Waals surface area contributed by atoms with Gasteiger partial charge in [0.1, 0.15) is 0 Å². The second kappa shape index (κ2) is 2.79. The van der Waals surface area contributed by atoms with Crippen LogP contribution in [0.1, 0.15) is 0 Å². The second-order valence-corrected chi connectivity index (χ2v) is 2.48. The van der Waals surface area contributed by atoms with Gasteiger partial charge in [-0.3, -0.25) is 0 Å². The number of rotatable bonds is 2. The van der Waals surface area contributed by atoms with E-state index in [1.165, 1.54) is 0 Å². The van der Waals surface area contributed by atoms with Gasteiger partial charge < -0.3 is 0 Å². The van der Waals surface area contributed by atoms with Gasteiger partial charge in [-0.05, 0) is 0 Å². The Balaban J connectivity index is 2.37. The average molecular weight is 154 g/mol. The minimum atomic E-state index is 0.240. The summed E-state index contributed by atoms with van der Waals surface area (Å²) in [6.07, 6.45) is 7.73. The van der Waals surface area contributed by atoms with Crippen molar-refractivity contribution in [2.24, 2.45) is 4.23 Å². The van der Waals surface area contributed by atoms with Crippen molar-refractivity contribution in [3.8, 4) is 0 Å². The van der Waals surface area contributed by atoms with Gasteiger partial charge in [-0.25, -0.2) is 0 Å². The monoisotopic (exact) mass is 154 g/mol. The van der Waals surface area contributed by atoms with Crippen LogP contribution in [0.5, 0.6) is 0 Å². The molecule has 0 radical (unpaired) electrons. The van der Waals surface area contributed by atoms with Gasteiger partial charge in [0.15, 0.2) is 0 Å². The van der Waals surface area contributed by atoms with Crippen LogP contribution in [-0.2, 0) is 14.9 Å². The van der Waals surface area contributed by atoms with E-state index in [2.05, 4.69) is 4.23 Å². The standard InChI is InChI=1S/C5H5.Co.NO/c1-2-4-5-3-1;;1-2/h1-5H;;/q;+1;-1. The molecule has 0 saturated heterocycles. The van der Waals surface area contributed by atoms with Gasteiger partial charge in [0.25, 0.3) is 0 Å². The van der Waals surface area contributed by atoms with Crippen LogP contribution in [0.25, 0.3) is 0 Å². The van der Waals surface area contributed by atoms with Gasteiger partial charge in [-0.1, -0.05) is 0 Å². The summed E-state index contributed by atoms with van der Waals surface area (Å²) in [7, 11) is 0. The molecular formula is C5H5CoNO. The minimum absolute atomic E-state index is 0.240. The Kier molecular flexibility index (Phi) is 1.99. The summed E-state index contributed by atoms with van der Waals surface area (Å²) in [5.41, 5.74) is 0. The SMILES string of the molecule is O=[N][Co][CH]1C=CC=C1. The molecule has 1 rings (SSSR count). The fourth-order valence-corrected chi connectivity index (χ4v) is 1.03. The first-order chi connectivity index (χ1) is 3.93. The van der Waals surface area contributed by atoms with E-state index in [1.54, 1.807) is 0 Å². The van der Waals surface area contributed by atoms with Crippen molar-refractivity contribution >= 4 is 0 Å². The molecule has 0 bridgehead atoms. The van der Waals surface area contributed by atoms with Crippen LogP contribution in [0.2, 0.25) is 4.85 Å². The molecule has 0 amide bonds. The first-order valence-corrected chi connectivity index (χ1v) is 3.26. The zero-order valence-electron chi connectivity index (χ0n) is 4.08. The molecule has 0 aliphatic heterocycles. The van der Waals surface area contributed by atoms with Crippen molar-refractivity contribution < 1.29 is 14.9 Å². The Labute approximate surface area is 53.8 Å². The Morgan fingerprint density at radius 1 is 1.38 bits per heavy atom.